The quantitative estimate of drug-likeness (QED) is 0.844. The van der Waals surface area contributed by atoms with Crippen LogP contribution in [0.3, 0.4) is 0 Å². The zero-order valence-electron chi connectivity index (χ0n) is 10.7. The van der Waals surface area contributed by atoms with Gasteiger partial charge in [0, 0.05) is 25.6 Å². The van der Waals surface area contributed by atoms with Crippen molar-refractivity contribution in [2.45, 2.75) is 32.2 Å². The van der Waals surface area contributed by atoms with Crippen molar-refractivity contribution in [3.05, 3.63) is 18.3 Å². The van der Waals surface area contributed by atoms with Crippen LogP contribution >= 0.6 is 0 Å². The first-order valence-electron chi connectivity index (χ1n) is 6.41. The molecule has 1 fully saturated rings. The van der Waals surface area contributed by atoms with Crippen LogP contribution in [-0.4, -0.2) is 30.0 Å². The lowest BCUT2D eigenvalue weighted by Gasteiger charge is -2.17. The Bertz CT molecular complexity index is 396. The third-order valence-corrected chi connectivity index (χ3v) is 2.99. The van der Waals surface area contributed by atoms with Crippen molar-refractivity contribution in [2.75, 3.05) is 23.3 Å². The molecule has 0 spiro atoms. The van der Waals surface area contributed by atoms with Gasteiger partial charge in [0.2, 0.25) is 5.91 Å². The Morgan fingerprint density at radius 1 is 1.50 bits per heavy atom. The highest BCUT2D eigenvalue weighted by Gasteiger charge is 2.12. The van der Waals surface area contributed by atoms with Crippen molar-refractivity contribution in [3.8, 4) is 0 Å². The summed E-state index contributed by atoms with van der Waals surface area (Å²) in [5, 5.41) is 2.74. The highest BCUT2D eigenvalue weighted by atomic mass is 16.1. The van der Waals surface area contributed by atoms with Gasteiger partial charge in [-0.05, 0) is 31.9 Å². The van der Waals surface area contributed by atoms with E-state index in [9.17, 15) is 4.79 Å². The Balaban J connectivity index is 1.93. The van der Waals surface area contributed by atoms with Crippen molar-refractivity contribution >= 4 is 17.4 Å². The van der Waals surface area contributed by atoms with Gasteiger partial charge in [-0.15, -0.1) is 0 Å². The number of amides is 1. The topological polar surface area (TPSA) is 71.2 Å². The van der Waals surface area contributed by atoms with Crippen LogP contribution < -0.4 is 16.0 Å². The lowest BCUT2D eigenvalue weighted by molar-refractivity contribution is -0.116. The first-order chi connectivity index (χ1) is 8.65. The molecule has 1 saturated heterocycles. The van der Waals surface area contributed by atoms with E-state index in [0.29, 0.717) is 12.2 Å². The van der Waals surface area contributed by atoms with Gasteiger partial charge in [0.1, 0.15) is 5.82 Å². The average molecular weight is 248 g/mol. The van der Waals surface area contributed by atoms with Gasteiger partial charge in [0.15, 0.2) is 0 Å². The minimum Gasteiger partial charge on any atom is -0.370 e. The summed E-state index contributed by atoms with van der Waals surface area (Å²) in [6, 6.07) is 3.71. The molecule has 1 aliphatic rings. The SMILES string of the molecule is CC(N)CC(=O)Nc1ccc(N2CCCC2)cn1. The average Bonchev–Trinajstić information content (AvgIpc) is 2.82. The minimum atomic E-state index is -0.131. The smallest absolute Gasteiger partial charge is 0.227 e. The molecule has 2 rings (SSSR count). The van der Waals surface area contributed by atoms with Crippen LogP contribution in [0.5, 0.6) is 0 Å². The van der Waals surface area contributed by atoms with E-state index in [1.807, 2.05) is 25.3 Å². The Morgan fingerprint density at radius 2 is 2.22 bits per heavy atom. The van der Waals surface area contributed by atoms with Gasteiger partial charge in [-0.25, -0.2) is 4.98 Å². The van der Waals surface area contributed by atoms with Crippen LogP contribution in [0.4, 0.5) is 11.5 Å². The van der Waals surface area contributed by atoms with Crippen LogP contribution in [0, 0.1) is 0 Å². The number of aromatic nitrogens is 1. The maximum absolute atomic E-state index is 11.5. The molecule has 1 amide bonds. The van der Waals surface area contributed by atoms with Crippen molar-refractivity contribution in [1.29, 1.82) is 0 Å². The number of pyridine rings is 1. The second kappa shape index (κ2) is 5.82. The molecule has 3 N–H and O–H groups in total. The molecule has 1 aromatic heterocycles. The number of carbonyl (C=O) groups excluding carboxylic acids is 1. The van der Waals surface area contributed by atoms with Crippen LogP contribution in [0.1, 0.15) is 26.2 Å². The maximum Gasteiger partial charge on any atom is 0.227 e. The van der Waals surface area contributed by atoms with E-state index in [1.165, 1.54) is 12.8 Å². The van der Waals surface area contributed by atoms with Gasteiger partial charge >= 0.3 is 0 Å². The molecule has 1 unspecified atom stereocenters. The summed E-state index contributed by atoms with van der Waals surface area (Å²) < 4.78 is 0. The second-order valence-corrected chi connectivity index (χ2v) is 4.83. The molecule has 0 aliphatic carbocycles. The van der Waals surface area contributed by atoms with Crippen LogP contribution in [0.15, 0.2) is 18.3 Å². The van der Waals surface area contributed by atoms with E-state index in [-0.39, 0.29) is 11.9 Å². The number of anilines is 2. The summed E-state index contributed by atoms with van der Waals surface area (Å²) in [6.07, 6.45) is 4.61. The van der Waals surface area contributed by atoms with Crippen LogP contribution in [0.25, 0.3) is 0 Å². The monoisotopic (exact) mass is 248 g/mol. The number of nitrogens with zero attached hydrogens (tertiary/aromatic N) is 2. The Labute approximate surface area is 107 Å². The van der Waals surface area contributed by atoms with Gasteiger partial charge in [0.05, 0.1) is 11.9 Å². The van der Waals surface area contributed by atoms with E-state index in [0.717, 1.165) is 18.8 Å². The Kier molecular flexibility index (Phi) is 4.15. The predicted octanol–water partition coefficient (Wildman–Crippen LogP) is 1.36. The highest BCUT2D eigenvalue weighted by molar-refractivity contribution is 5.90. The molecule has 5 heteroatoms. The summed E-state index contributed by atoms with van der Waals surface area (Å²) >= 11 is 0. The molecule has 0 aromatic carbocycles. The Hall–Kier alpha value is -1.62. The number of rotatable bonds is 4. The van der Waals surface area contributed by atoms with Gasteiger partial charge in [0.25, 0.3) is 0 Å². The van der Waals surface area contributed by atoms with Crippen molar-refractivity contribution in [1.82, 2.24) is 4.98 Å². The minimum absolute atomic E-state index is 0.0913. The molecular formula is C13H20N4O. The third-order valence-electron chi connectivity index (χ3n) is 2.99. The molecule has 0 saturated carbocycles. The number of hydrogen-bond acceptors (Lipinski definition) is 4. The van der Waals surface area contributed by atoms with Gasteiger partial charge in [-0.1, -0.05) is 0 Å². The van der Waals surface area contributed by atoms with Gasteiger partial charge in [-0.3, -0.25) is 4.79 Å². The zero-order valence-corrected chi connectivity index (χ0v) is 10.7. The van der Waals surface area contributed by atoms with Gasteiger partial charge < -0.3 is 16.0 Å². The molecule has 1 atom stereocenters. The highest BCUT2D eigenvalue weighted by Crippen LogP contribution is 2.20. The normalized spacial score (nSPS) is 16.7. The summed E-state index contributed by atoms with van der Waals surface area (Å²) in [4.78, 5) is 18.1. The summed E-state index contributed by atoms with van der Waals surface area (Å²) in [7, 11) is 0. The number of nitrogens with two attached hydrogens (primary N) is 1. The third kappa shape index (κ3) is 3.43. The zero-order chi connectivity index (χ0) is 13.0. The number of hydrogen-bond donors (Lipinski definition) is 2. The second-order valence-electron chi connectivity index (χ2n) is 4.83. The predicted molar refractivity (Wildman–Crippen MR) is 72.6 cm³/mol. The molecule has 0 bridgehead atoms. The molecule has 18 heavy (non-hydrogen) atoms. The van der Waals surface area contributed by atoms with E-state index >= 15 is 0 Å². The maximum atomic E-state index is 11.5. The fourth-order valence-corrected chi connectivity index (χ4v) is 2.11. The van der Waals surface area contributed by atoms with Gasteiger partial charge in [-0.2, -0.15) is 0 Å². The van der Waals surface area contributed by atoms with E-state index < -0.39 is 0 Å². The molecule has 1 aromatic rings. The van der Waals surface area contributed by atoms with E-state index in [2.05, 4.69) is 15.2 Å². The van der Waals surface area contributed by atoms with Crippen molar-refractivity contribution in [3.63, 3.8) is 0 Å². The fourth-order valence-electron chi connectivity index (χ4n) is 2.11. The molecule has 98 valence electrons. The Morgan fingerprint density at radius 3 is 2.78 bits per heavy atom. The summed E-state index contributed by atoms with van der Waals surface area (Å²) in [5.74, 6) is 0.495. The molecule has 5 nitrogen and oxygen atoms in total. The summed E-state index contributed by atoms with van der Waals surface area (Å²) in [5.41, 5.74) is 6.69. The van der Waals surface area contributed by atoms with E-state index in [1.54, 1.807) is 0 Å². The van der Waals surface area contributed by atoms with Crippen LogP contribution in [-0.2, 0) is 4.79 Å². The van der Waals surface area contributed by atoms with E-state index in [4.69, 9.17) is 5.73 Å². The molecule has 0 radical (unpaired) electrons. The lowest BCUT2D eigenvalue weighted by atomic mass is 10.2. The summed E-state index contributed by atoms with van der Waals surface area (Å²) in [6.45, 7) is 4.00. The number of carbonyl (C=O) groups is 1. The number of nitrogens with one attached hydrogen (secondary N) is 1. The largest absolute Gasteiger partial charge is 0.370 e. The molecule has 2 heterocycles. The van der Waals surface area contributed by atoms with Crippen molar-refractivity contribution < 1.29 is 4.79 Å². The first kappa shape index (κ1) is 12.8. The molecular weight excluding hydrogens is 228 g/mol. The fraction of sp³-hybridized carbons (Fsp3) is 0.538. The van der Waals surface area contributed by atoms with Crippen LogP contribution in [0.2, 0.25) is 0 Å². The van der Waals surface area contributed by atoms with Crippen molar-refractivity contribution in [2.24, 2.45) is 5.73 Å². The first-order valence-corrected chi connectivity index (χ1v) is 6.41. The lowest BCUT2D eigenvalue weighted by Crippen LogP contribution is -2.24. The molecule has 1 aliphatic heterocycles. The standard InChI is InChI=1S/C13H20N4O/c1-10(14)8-13(18)16-12-5-4-11(9-15-12)17-6-2-3-7-17/h4-5,9-10H,2-3,6-8,14H2,1H3,(H,15,16,18).